The van der Waals surface area contributed by atoms with Crippen molar-refractivity contribution >= 4 is 5.78 Å². The van der Waals surface area contributed by atoms with E-state index in [1.165, 1.54) is 0 Å². The standard InChI is InChI=1S/C14H10F4N2O4/c1-6(21)10-12(22)13(23-2)11(20-19-10)8-4-3-7(5-9(8)15)24-14(16,17)18/h3-5H,1-2H3,(H,20,22). The molecule has 6 nitrogen and oxygen atoms in total. The Labute approximate surface area is 132 Å². The van der Waals surface area contributed by atoms with Gasteiger partial charge in [-0.3, -0.25) is 14.7 Å². The van der Waals surface area contributed by atoms with Crippen molar-refractivity contribution in [2.45, 2.75) is 13.3 Å². The summed E-state index contributed by atoms with van der Waals surface area (Å²) in [4.78, 5) is 23.4. The van der Waals surface area contributed by atoms with Gasteiger partial charge >= 0.3 is 6.36 Å². The molecule has 0 bridgehead atoms. The minimum atomic E-state index is -4.97. The molecule has 0 amide bonds. The lowest BCUT2D eigenvalue weighted by Crippen LogP contribution is -2.20. The number of nitrogens with zero attached hydrogens (tertiary/aromatic N) is 1. The second-order valence-electron chi connectivity index (χ2n) is 4.56. The minimum Gasteiger partial charge on any atom is -0.491 e. The largest absolute Gasteiger partial charge is 0.573 e. The molecule has 0 aliphatic rings. The van der Waals surface area contributed by atoms with E-state index in [1.54, 1.807) is 0 Å². The molecular formula is C14H10F4N2O4. The summed E-state index contributed by atoms with van der Waals surface area (Å²) in [6.07, 6.45) is -4.97. The van der Waals surface area contributed by atoms with Crippen LogP contribution in [0.3, 0.4) is 0 Å². The molecule has 0 aliphatic heterocycles. The molecule has 1 aromatic carbocycles. The van der Waals surface area contributed by atoms with Crippen LogP contribution in [0.25, 0.3) is 11.3 Å². The maximum atomic E-state index is 14.1. The fourth-order valence-corrected chi connectivity index (χ4v) is 1.95. The molecule has 1 N–H and O–H groups in total. The Morgan fingerprint density at radius 3 is 2.46 bits per heavy atom. The van der Waals surface area contributed by atoms with Gasteiger partial charge in [0.15, 0.2) is 17.2 Å². The van der Waals surface area contributed by atoms with E-state index in [1.807, 2.05) is 0 Å². The van der Waals surface area contributed by atoms with E-state index in [4.69, 9.17) is 4.74 Å². The number of nitrogens with one attached hydrogen (secondary N) is 1. The minimum absolute atomic E-state index is 0.219. The summed E-state index contributed by atoms with van der Waals surface area (Å²) in [5.41, 5.74) is -1.80. The van der Waals surface area contributed by atoms with Gasteiger partial charge in [-0.05, 0) is 12.1 Å². The first-order chi connectivity index (χ1) is 11.1. The fourth-order valence-electron chi connectivity index (χ4n) is 1.95. The number of H-pyrrole nitrogens is 1. The zero-order chi connectivity index (χ0) is 18.1. The zero-order valence-electron chi connectivity index (χ0n) is 12.3. The van der Waals surface area contributed by atoms with Crippen LogP contribution in [-0.4, -0.2) is 29.5 Å². The number of ether oxygens (including phenoxy) is 2. The molecule has 0 saturated carbocycles. The van der Waals surface area contributed by atoms with E-state index in [0.717, 1.165) is 26.2 Å². The first-order valence-corrected chi connectivity index (χ1v) is 6.37. The Morgan fingerprint density at radius 2 is 1.96 bits per heavy atom. The van der Waals surface area contributed by atoms with Crippen molar-refractivity contribution in [2.24, 2.45) is 0 Å². The van der Waals surface area contributed by atoms with E-state index in [-0.39, 0.29) is 11.3 Å². The molecule has 0 aliphatic carbocycles. The number of carbonyl (C=O) groups is 1. The van der Waals surface area contributed by atoms with Crippen molar-refractivity contribution in [3.63, 3.8) is 0 Å². The summed E-state index contributed by atoms with van der Waals surface area (Å²) >= 11 is 0. The number of benzene rings is 1. The molecule has 2 rings (SSSR count). The number of aromatic nitrogens is 2. The molecule has 1 aromatic heterocycles. The molecule has 0 saturated heterocycles. The van der Waals surface area contributed by atoms with Gasteiger partial charge in [-0.25, -0.2) is 4.39 Å². The third-order valence-electron chi connectivity index (χ3n) is 2.91. The van der Waals surface area contributed by atoms with Gasteiger partial charge in [0.25, 0.3) is 5.43 Å². The molecule has 128 valence electrons. The van der Waals surface area contributed by atoms with Gasteiger partial charge < -0.3 is 9.47 Å². The number of aromatic amines is 1. The first kappa shape index (κ1) is 17.4. The number of hydrogen-bond acceptors (Lipinski definition) is 5. The highest BCUT2D eigenvalue weighted by Crippen LogP contribution is 2.31. The molecule has 0 fully saturated rings. The van der Waals surface area contributed by atoms with Crippen LogP contribution in [0.15, 0.2) is 23.0 Å². The Bertz CT molecular complexity index is 846. The number of hydrogen-bond donors (Lipinski definition) is 1. The zero-order valence-corrected chi connectivity index (χ0v) is 12.3. The van der Waals surface area contributed by atoms with E-state index >= 15 is 0 Å². The quantitative estimate of drug-likeness (QED) is 0.680. The monoisotopic (exact) mass is 346 g/mol. The second kappa shape index (κ2) is 6.30. The van der Waals surface area contributed by atoms with Crippen LogP contribution in [0.4, 0.5) is 17.6 Å². The van der Waals surface area contributed by atoms with Crippen LogP contribution in [0.1, 0.15) is 17.4 Å². The number of methoxy groups -OCH3 is 1. The van der Waals surface area contributed by atoms with E-state index in [2.05, 4.69) is 14.9 Å². The molecule has 2 aromatic rings. The van der Waals surface area contributed by atoms with E-state index < -0.39 is 40.6 Å². The molecule has 0 spiro atoms. The molecule has 1 heterocycles. The van der Waals surface area contributed by atoms with Crippen LogP contribution in [0.2, 0.25) is 0 Å². The van der Waals surface area contributed by atoms with Crippen molar-refractivity contribution in [2.75, 3.05) is 7.11 Å². The van der Waals surface area contributed by atoms with Gasteiger partial charge in [0.1, 0.15) is 17.3 Å². The maximum Gasteiger partial charge on any atom is 0.573 e. The summed E-state index contributed by atoms with van der Waals surface area (Å²) in [6.45, 7) is 1.11. The Balaban J connectivity index is 2.55. The molecule has 0 atom stereocenters. The predicted molar refractivity (Wildman–Crippen MR) is 73.5 cm³/mol. The third-order valence-corrected chi connectivity index (χ3v) is 2.91. The van der Waals surface area contributed by atoms with Crippen LogP contribution in [-0.2, 0) is 0 Å². The first-order valence-electron chi connectivity index (χ1n) is 6.37. The third kappa shape index (κ3) is 3.53. The summed E-state index contributed by atoms with van der Waals surface area (Å²) in [5, 5.41) is 5.85. The van der Waals surface area contributed by atoms with E-state index in [0.29, 0.717) is 6.07 Å². The smallest absolute Gasteiger partial charge is 0.491 e. The van der Waals surface area contributed by atoms with Crippen LogP contribution >= 0.6 is 0 Å². The van der Waals surface area contributed by atoms with E-state index in [9.17, 15) is 27.2 Å². The van der Waals surface area contributed by atoms with Crippen molar-refractivity contribution in [3.8, 4) is 22.8 Å². The van der Waals surface area contributed by atoms with Gasteiger partial charge in [0.2, 0.25) is 0 Å². The van der Waals surface area contributed by atoms with Crippen molar-refractivity contribution in [1.82, 2.24) is 10.2 Å². The molecule has 24 heavy (non-hydrogen) atoms. The average Bonchev–Trinajstić information content (AvgIpc) is 2.45. The summed E-state index contributed by atoms with van der Waals surface area (Å²) in [5.74, 6) is -2.89. The number of carbonyl (C=O) groups excluding carboxylic acids is 1. The average molecular weight is 346 g/mol. The molecule has 10 heteroatoms. The highest BCUT2D eigenvalue weighted by Gasteiger charge is 2.31. The maximum absolute atomic E-state index is 14.1. The van der Waals surface area contributed by atoms with Crippen LogP contribution in [0.5, 0.6) is 11.5 Å². The molecule has 0 radical (unpaired) electrons. The highest BCUT2D eigenvalue weighted by atomic mass is 19.4. The highest BCUT2D eigenvalue weighted by molar-refractivity contribution is 5.92. The van der Waals surface area contributed by atoms with Gasteiger partial charge in [0, 0.05) is 18.6 Å². The van der Waals surface area contributed by atoms with Crippen molar-refractivity contribution in [1.29, 1.82) is 0 Å². The lowest BCUT2D eigenvalue weighted by Gasteiger charge is -2.12. The predicted octanol–water partition coefficient (Wildman–Crippen LogP) is 2.69. The lowest BCUT2D eigenvalue weighted by molar-refractivity contribution is -0.274. The van der Waals surface area contributed by atoms with Crippen molar-refractivity contribution in [3.05, 3.63) is 39.9 Å². The Hall–Kier alpha value is -2.91. The molecular weight excluding hydrogens is 336 g/mol. The number of alkyl halides is 3. The van der Waals surface area contributed by atoms with Crippen LogP contribution < -0.4 is 14.9 Å². The fraction of sp³-hybridized carbons (Fsp3) is 0.214. The van der Waals surface area contributed by atoms with Crippen LogP contribution in [0, 0.1) is 5.82 Å². The normalized spacial score (nSPS) is 11.2. The summed E-state index contributed by atoms with van der Waals surface area (Å²) in [6, 6.07) is 2.32. The SMILES string of the molecule is COc1c(-c2ccc(OC(F)(F)F)cc2F)[nH]nc(C(C)=O)c1=O. The topological polar surface area (TPSA) is 81.3 Å². The lowest BCUT2D eigenvalue weighted by atomic mass is 10.1. The number of rotatable bonds is 4. The molecule has 0 unspecified atom stereocenters. The number of Topliss-reactive ketones (excluding diaryl/α,β-unsaturated/α-hetero) is 1. The summed E-state index contributed by atoms with van der Waals surface area (Å²) < 4.78 is 59.0. The number of halogens is 4. The van der Waals surface area contributed by atoms with Gasteiger partial charge in [-0.2, -0.15) is 5.10 Å². The van der Waals surface area contributed by atoms with Gasteiger partial charge in [0.05, 0.1) is 7.11 Å². The second-order valence-corrected chi connectivity index (χ2v) is 4.56. The summed E-state index contributed by atoms with van der Waals surface area (Å²) in [7, 11) is 1.12. The Morgan fingerprint density at radius 1 is 1.29 bits per heavy atom. The van der Waals surface area contributed by atoms with Gasteiger partial charge in [-0.1, -0.05) is 0 Å². The Kier molecular flexibility index (Phi) is 4.58. The number of ketones is 1. The van der Waals surface area contributed by atoms with Crippen molar-refractivity contribution < 1.29 is 31.8 Å². The van der Waals surface area contributed by atoms with Gasteiger partial charge in [-0.15, -0.1) is 13.2 Å².